The highest BCUT2D eigenvalue weighted by atomic mass is 16.5. The second kappa shape index (κ2) is 9.91. The third kappa shape index (κ3) is 5.13. The molecule has 0 aliphatic carbocycles. The first kappa shape index (κ1) is 23.9. The van der Waals surface area contributed by atoms with Crippen molar-refractivity contribution in [1.29, 1.82) is 0 Å². The van der Waals surface area contributed by atoms with Gasteiger partial charge in [0.05, 0.1) is 6.61 Å². The number of aliphatic hydroxyl groups excluding tert-OH is 1. The van der Waals surface area contributed by atoms with Gasteiger partial charge in [0.1, 0.15) is 0 Å². The molecule has 4 rings (SSSR count). The average molecular weight is 481 g/mol. The first-order valence-electron chi connectivity index (χ1n) is 10.6. The first-order chi connectivity index (χ1) is 16.7. The molecule has 0 radical (unpaired) electrons. The average Bonchev–Trinajstić information content (AvgIpc) is 3.30. The van der Waals surface area contributed by atoms with E-state index in [0.717, 1.165) is 0 Å². The van der Waals surface area contributed by atoms with E-state index in [1.54, 1.807) is 62.6 Å². The predicted molar refractivity (Wildman–Crippen MR) is 124 cm³/mol. The number of rotatable bonds is 6. The Morgan fingerprint density at radius 3 is 2.43 bits per heavy atom. The monoisotopic (exact) mass is 481 g/mol. The molecule has 12 nitrogen and oxygen atoms in total. The first-order valence-corrected chi connectivity index (χ1v) is 10.6. The zero-order valence-electron chi connectivity index (χ0n) is 18.9. The molecule has 0 spiro atoms. The molecule has 2 aromatic carbocycles. The molecule has 3 N–H and O–H groups in total. The lowest BCUT2D eigenvalue weighted by Gasteiger charge is -2.34. The van der Waals surface area contributed by atoms with E-state index >= 15 is 0 Å². The van der Waals surface area contributed by atoms with Crippen LogP contribution in [0.5, 0.6) is 0 Å². The van der Waals surface area contributed by atoms with Gasteiger partial charge in [0.2, 0.25) is 0 Å². The van der Waals surface area contributed by atoms with Gasteiger partial charge in [-0.15, -0.1) is 0 Å². The molecule has 0 bridgehead atoms. The fraction of sp³-hybridized carbons (Fsp3) is 0.261. The van der Waals surface area contributed by atoms with Gasteiger partial charge in [-0.2, -0.15) is 0 Å². The molecule has 0 saturated carbocycles. The predicted octanol–water partition coefficient (Wildman–Crippen LogP) is 0.463. The Balaban J connectivity index is 1.41. The molecule has 12 heteroatoms. The molecule has 2 atom stereocenters. The van der Waals surface area contributed by atoms with E-state index < -0.39 is 29.8 Å². The lowest BCUT2D eigenvalue weighted by atomic mass is 10.1. The summed E-state index contributed by atoms with van der Waals surface area (Å²) >= 11 is 0. The highest BCUT2D eigenvalue weighted by molar-refractivity contribution is 6.04. The summed E-state index contributed by atoms with van der Waals surface area (Å²) in [5.41, 5.74) is 1.89. The summed E-state index contributed by atoms with van der Waals surface area (Å²) in [5.74, 6) is -2.02. The Labute approximate surface area is 199 Å². The number of aromatic amines is 1. The molecule has 35 heavy (non-hydrogen) atoms. The van der Waals surface area contributed by atoms with E-state index in [1.807, 2.05) is 0 Å². The van der Waals surface area contributed by atoms with E-state index in [-0.39, 0.29) is 24.9 Å². The number of H-pyrrole nitrogens is 1. The highest BCUT2D eigenvalue weighted by Gasteiger charge is 2.39. The van der Waals surface area contributed by atoms with Crippen molar-refractivity contribution in [3.63, 3.8) is 0 Å². The number of amides is 3. The standard InChI is InChI=1S/C23H23N5O7/c1-27(2)21(31)14-5-9-16(10-6-14)28-11-12-34-18(22(28)32)17(29)20(30)24-15-7-3-13(4-8-15)19-25-23(33)35-26-19/h3-10,17-18,29H,11-12H2,1-2H3,(H,24,30)(H,25,26,33)/t17-,18-/m1/s1. The Bertz CT molecular complexity index is 1280. The molecular formula is C23H23N5O7. The molecular weight excluding hydrogens is 458 g/mol. The molecule has 182 valence electrons. The van der Waals surface area contributed by atoms with E-state index in [2.05, 4.69) is 20.0 Å². The summed E-state index contributed by atoms with van der Waals surface area (Å²) in [6.07, 6.45) is -3.15. The third-order valence-corrected chi connectivity index (χ3v) is 5.38. The number of hydrogen-bond donors (Lipinski definition) is 3. The number of carbonyl (C=O) groups excluding carboxylic acids is 3. The van der Waals surface area contributed by atoms with Gasteiger partial charge >= 0.3 is 5.76 Å². The molecule has 1 fully saturated rings. The minimum absolute atomic E-state index is 0.115. The second-order valence-electron chi connectivity index (χ2n) is 7.98. The Morgan fingerprint density at radius 1 is 1.14 bits per heavy atom. The molecule has 2 heterocycles. The van der Waals surface area contributed by atoms with Crippen LogP contribution in [-0.2, 0) is 14.3 Å². The molecule has 3 amide bonds. The van der Waals surface area contributed by atoms with Crippen molar-refractivity contribution in [2.24, 2.45) is 0 Å². The van der Waals surface area contributed by atoms with Crippen molar-refractivity contribution in [2.45, 2.75) is 12.2 Å². The number of benzene rings is 2. The van der Waals surface area contributed by atoms with E-state index in [9.17, 15) is 24.3 Å². The van der Waals surface area contributed by atoms with E-state index in [1.165, 1.54) is 9.80 Å². The van der Waals surface area contributed by atoms with Gasteiger partial charge in [0.15, 0.2) is 18.0 Å². The second-order valence-corrected chi connectivity index (χ2v) is 7.98. The van der Waals surface area contributed by atoms with Crippen LogP contribution in [0.4, 0.5) is 11.4 Å². The zero-order chi connectivity index (χ0) is 25.1. The smallest absolute Gasteiger partial charge is 0.380 e. The molecule has 0 unspecified atom stereocenters. The Hall–Kier alpha value is -4.29. The van der Waals surface area contributed by atoms with Gasteiger partial charge in [-0.05, 0) is 48.5 Å². The summed E-state index contributed by atoms with van der Waals surface area (Å²) in [6, 6.07) is 12.7. The summed E-state index contributed by atoms with van der Waals surface area (Å²) in [5, 5.41) is 16.7. The highest BCUT2D eigenvalue weighted by Crippen LogP contribution is 2.22. The lowest BCUT2D eigenvalue weighted by molar-refractivity contribution is -0.150. The van der Waals surface area contributed by atoms with Gasteiger partial charge in [0, 0.05) is 43.1 Å². The summed E-state index contributed by atoms with van der Waals surface area (Å²) in [6.45, 7) is 0.347. The third-order valence-electron chi connectivity index (χ3n) is 5.38. The lowest BCUT2D eigenvalue weighted by Crippen LogP contribution is -2.55. The van der Waals surface area contributed by atoms with Crippen LogP contribution in [0.25, 0.3) is 11.4 Å². The Kier molecular flexibility index (Phi) is 6.75. The van der Waals surface area contributed by atoms with Crippen LogP contribution in [0.3, 0.4) is 0 Å². The number of anilines is 2. The maximum atomic E-state index is 13.0. The van der Waals surface area contributed by atoms with Crippen molar-refractivity contribution >= 4 is 29.1 Å². The molecule has 1 aliphatic heterocycles. The number of ether oxygens (including phenoxy) is 1. The van der Waals surface area contributed by atoms with Crippen molar-refractivity contribution < 1.29 is 28.8 Å². The molecule has 1 saturated heterocycles. The largest absolute Gasteiger partial charge is 0.439 e. The maximum absolute atomic E-state index is 13.0. The van der Waals surface area contributed by atoms with Gasteiger partial charge in [-0.3, -0.25) is 23.9 Å². The van der Waals surface area contributed by atoms with Crippen molar-refractivity contribution in [3.8, 4) is 11.4 Å². The molecule has 1 aliphatic rings. The van der Waals surface area contributed by atoms with Gasteiger partial charge in [-0.25, -0.2) is 4.79 Å². The molecule has 1 aromatic heterocycles. The summed E-state index contributed by atoms with van der Waals surface area (Å²) < 4.78 is 9.88. The Morgan fingerprint density at radius 2 is 1.83 bits per heavy atom. The van der Waals surface area contributed by atoms with Crippen LogP contribution in [0.2, 0.25) is 0 Å². The summed E-state index contributed by atoms with van der Waals surface area (Å²) in [7, 11) is 3.29. The fourth-order valence-electron chi connectivity index (χ4n) is 3.55. The van der Waals surface area contributed by atoms with Crippen molar-refractivity contribution in [3.05, 3.63) is 64.6 Å². The SMILES string of the molecule is CN(C)C(=O)c1ccc(N2CCO[C@H]([C@@H](O)C(=O)Nc3ccc(-c4noc(=O)[nH]4)cc3)C2=O)cc1. The van der Waals surface area contributed by atoms with Gasteiger partial charge in [-0.1, -0.05) is 5.16 Å². The quantitative estimate of drug-likeness (QED) is 0.458. The fourth-order valence-corrected chi connectivity index (χ4v) is 3.55. The minimum Gasteiger partial charge on any atom is -0.380 e. The number of nitrogens with one attached hydrogen (secondary N) is 2. The summed E-state index contributed by atoms with van der Waals surface area (Å²) in [4.78, 5) is 54.0. The topological polar surface area (TPSA) is 158 Å². The number of carbonyl (C=O) groups is 3. The van der Waals surface area contributed by atoms with Crippen molar-refractivity contribution in [2.75, 3.05) is 37.5 Å². The van der Waals surface area contributed by atoms with Crippen LogP contribution in [0.15, 0.2) is 57.8 Å². The van der Waals surface area contributed by atoms with E-state index in [0.29, 0.717) is 22.5 Å². The number of aliphatic hydroxyl groups is 1. The van der Waals surface area contributed by atoms with Gasteiger partial charge in [0.25, 0.3) is 17.7 Å². The number of morpholine rings is 1. The zero-order valence-corrected chi connectivity index (χ0v) is 18.9. The van der Waals surface area contributed by atoms with Crippen molar-refractivity contribution in [1.82, 2.24) is 15.0 Å². The van der Waals surface area contributed by atoms with E-state index in [4.69, 9.17) is 4.74 Å². The van der Waals surface area contributed by atoms with Crippen LogP contribution < -0.4 is 16.0 Å². The number of aromatic nitrogens is 2. The number of nitrogens with zero attached hydrogens (tertiary/aromatic N) is 3. The van der Waals surface area contributed by atoms with Crippen LogP contribution in [-0.4, -0.2) is 77.3 Å². The maximum Gasteiger partial charge on any atom is 0.439 e. The number of hydrogen-bond acceptors (Lipinski definition) is 8. The molecule has 3 aromatic rings. The van der Waals surface area contributed by atoms with Gasteiger partial charge < -0.3 is 25.0 Å². The minimum atomic E-state index is -1.76. The normalized spacial score (nSPS) is 16.6. The van der Waals surface area contributed by atoms with Crippen LogP contribution in [0.1, 0.15) is 10.4 Å². The van der Waals surface area contributed by atoms with Crippen LogP contribution >= 0.6 is 0 Å². The van der Waals surface area contributed by atoms with Crippen LogP contribution in [0, 0.1) is 0 Å².